The highest BCUT2D eigenvalue weighted by molar-refractivity contribution is 7.25. The summed E-state index contributed by atoms with van der Waals surface area (Å²) in [5, 5.41) is 5.40. The summed E-state index contributed by atoms with van der Waals surface area (Å²) in [6, 6.07) is 45.8. The third-order valence-electron chi connectivity index (χ3n) is 8.58. The lowest BCUT2D eigenvalue weighted by atomic mass is 10.0. The van der Waals surface area contributed by atoms with Gasteiger partial charge in [-0.1, -0.05) is 72.8 Å². The molecule has 0 fully saturated rings. The Balaban J connectivity index is 1.19. The molecular formula is C40H22N4OS2. The second-order valence-corrected chi connectivity index (χ2v) is 13.6. The third kappa shape index (κ3) is 4.35. The first-order valence-electron chi connectivity index (χ1n) is 15.3. The fourth-order valence-electron chi connectivity index (χ4n) is 6.35. The SMILES string of the molecule is c1ccc(-c2nc(-c3ccc4sc5ccccc5c4c3)nc(-c3cccc4oc5ccc(-c6nc7ccccc7s6)cc5c34)n2)cc1. The molecule has 47 heavy (non-hydrogen) atoms. The smallest absolute Gasteiger partial charge is 0.164 e. The van der Waals surface area contributed by atoms with Crippen molar-refractivity contribution >= 4 is 75.0 Å². The number of fused-ring (bicyclic) bond motifs is 7. The molecule has 7 heteroatoms. The topological polar surface area (TPSA) is 64.7 Å². The highest BCUT2D eigenvalue weighted by Gasteiger charge is 2.19. The van der Waals surface area contributed by atoms with Crippen LogP contribution in [0.4, 0.5) is 0 Å². The summed E-state index contributed by atoms with van der Waals surface area (Å²) in [4.78, 5) is 20.2. The van der Waals surface area contributed by atoms with Crippen LogP contribution in [0.2, 0.25) is 0 Å². The zero-order valence-electron chi connectivity index (χ0n) is 24.7. The molecule has 10 aromatic rings. The fourth-order valence-corrected chi connectivity index (χ4v) is 8.40. The van der Waals surface area contributed by atoms with Crippen LogP contribution in [-0.2, 0) is 0 Å². The van der Waals surface area contributed by atoms with Gasteiger partial charge in [-0.3, -0.25) is 0 Å². The predicted molar refractivity (Wildman–Crippen MR) is 195 cm³/mol. The van der Waals surface area contributed by atoms with E-state index < -0.39 is 0 Å². The normalized spacial score (nSPS) is 11.8. The van der Waals surface area contributed by atoms with Gasteiger partial charge in [-0.05, 0) is 60.7 Å². The van der Waals surface area contributed by atoms with Gasteiger partial charge in [-0.25, -0.2) is 19.9 Å². The number of aromatic nitrogens is 4. The molecule has 0 aliphatic carbocycles. The Hall–Kier alpha value is -5.76. The van der Waals surface area contributed by atoms with Crippen molar-refractivity contribution in [2.24, 2.45) is 0 Å². The van der Waals surface area contributed by atoms with Crippen molar-refractivity contribution in [3.63, 3.8) is 0 Å². The molecule has 4 aromatic heterocycles. The molecule has 0 N–H and O–H groups in total. The maximum atomic E-state index is 6.39. The quantitative estimate of drug-likeness (QED) is 0.192. The molecule has 0 radical (unpaired) electrons. The van der Waals surface area contributed by atoms with Crippen LogP contribution in [0.3, 0.4) is 0 Å². The summed E-state index contributed by atoms with van der Waals surface area (Å²) in [6.45, 7) is 0. The molecule has 0 aliphatic heterocycles. The van der Waals surface area contributed by atoms with Crippen molar-refractivity contribution in [1.29, 1.82) is 0 Å². The van der Waals surface area contributed by atoms with Gasteiger partial charge in [-0.15, -0.1) is 22.7 Å². The average molecular weight is 639 g/mol. The van der Waals surface area contributed by atoms with E-state index in [9.17, 15) is 0 Å². The summed E-state index contributed by atoms with van der Waals surface area (Å²) >= 11 is 3.50. The van der Waals surface area contributed by atoms with Gasteiger partial charge in [0.2, 0.25) is 0 Å². The molecular weight excluding hydrogens is 617 g/mol. The van der Waals surface area contributed by atoms with Crippen molar-refractivity contribution in [2.45, 2.75) is 0 Å². The van der Waals surface area contributed by atoms with Gasteiger partial charge in [0, 0.05) is 53.2 Å². The van der Waals surface area contributed by atoms with E-state index in [0.29, 0.717) is 17.5 Å². The van der Waals surface area contributed by atoms with Gasteiger partial charge in [0.25, 0.3) is 0 Å². The molecule has 5 nitrogen and oxygen atoms in total. The van der Waals surface area contributed by atoms with Crippen molar-refractivity contribution in [3.8, 4) is 44.7 Å². The van der Waals surface area contributed by atoms with Gasteiger partial charge < -0.3 is 4.42 Å². The van der Waals surface area contributed by atoms with E-state index in [1.165, 1.54) is 24.9 Å². The number of benzene rings is 6. The van der Waals surface area contributed by atoms with Gasteiger partial charge >= 0.3 is 0 Å². The van der Waals surface area contributed by atoms with E-state index in [2.05, 4.69) is 78.9 Å². The van der Waals surface area contributed by atoms with E-state index in [1.807, 2.05) is 54.6 Å². The van der Waals surface area contributed by atoms with Crippen molar-refractivity contribution in [1.82, 2.24) is 19.9 Å². The largest absolute Gasteiger partial charge is 0.456 e. The first-order valence-corrected chi connectivity index (χ1v) is 16.9. The summed E-state index contributed by atoms with van der Waals surface area (Å²) in [6.07, 6.45) is 0. The lowest BCUT2D eigenvalue weighted by Gasteiger charge is -2.09. The van der Waals surface area contributed by atoms with Crippen LogP contribution in [0.5, 0.6) is 0 Å². The minimum absolute atomic E-state index is 0.600. The van der Waals surface area contributed by atoms with Gasteiger partial charge in [0.1, 0.15) is 16.2 Å². The summed E-state index contributed by atoms with van der Waals surface area (Å²) < 4.78 is 10.1. The van der Waals surface area contributed by atoms with Gasteiger partial charge in [0.05, 0.1) is 10.2 Å². The van der Waals surface area contributed by atoms with E-state index in [-0.39, 0.29) is 0 Å². The Labute approximate surface area is 276 Å². The Kier molecular flexibility index (Phi) is 5.85. The molecule has 0 spiro atoms. The van der Waals surface area contributed by atoms with Crippen LogP contribution in [-0.4, -0.2) is 19.9 Å². The van der Waals surface area contributed by atoms with Crippen LogP contribution >= 0.6 is 22.7 Å². The molecule has 0 saturated heterocycles. The minimum Gasteiger partial charge on any atom is -0.456 e. The van der Waals surface area contributed by atoms with Crippen LogP contribution in [0.1, 0.15) is 0 Å². The van der Waals surface area contributed by atoms with Crippen LogP contribution < -0.4 is 0 Å². The zero-order valence-corrected chi connectivity index (χ0v) is 26.3. The molecule has 0 amide bonds. The lowest BCUT2D eigenvalue weighted by Crippen LogP contribution is -2.00. The number of thiazole rings is 1. The maximum Gasteiger partial charge on any atom is 0.164 e. The Bertz CT molecular complexity index is 2780. The molecule has 10 rings (SSSR count). The summed E-state index contributed by atoms with van der Waals surface area (Å²) in [7, 11) is 0. The number of hydrogen-bond donors (Lipinski definition) is 0. The molecule has 4 heterocycles. The molecule has 0 aliphatic rings. The molecule has 0 unspecified atom stereocenters. The van der Waals surface area contributed by atoms with E-state index in [0.717, 1.165) is 54.7 Å². The van der Waals surface area contributed by atoms with Gasteiger partial charge in [-0.2, -0.15) is 0 Å². The lowest BCUT2D eigenvalue weighted by molar-refractivity contribution is 0.669. The molecule has 0 bridgehead atoms. The molecule has 220 valence electrons. The number of rotatable bonds is 4. The third-order valence-corrected chi connectivity index (χ3v) is 10.8. The minimum atomic E-state index is 0.600. The van der Waals surface area contributed by atoms with Crippen LogP contribution in [0.15, 0.2) is 138 Å². The molecule has 6 aromatic carbocycles. The van der Waals surface area contributed by atoms with Crippen molar-refractivity contribution < 1.29 is 4.42 Å². The number of nitrogens with zero attached hydrogens (tertiary/aromatic N) is 4. The fraction of sp³-hybridized carbons (Fsp3) is 0. The Morgan fingerprint density at radius 2 is 1.15 bits per heavy atom. The number of furan rings is 1. The first-order chi connectivity index (χ1) is 23.2. The standard InChI is InChI=1S/C40H22N4OS2/c1-2-9-23(10-3-1)37-42-38(24-18-20-34-28(21-24)26-11-4-6-15-33(26)46-34)44-39(43-37)27-12-8-14-32-36(27)29-22-25(17-19-31(29)45-32)40-41-30-13-5-7-16-35(30)47-40/h1-22H. The second kappa shape index (κ2) is 10.4. The van der Waals surface area contributed by atoms with Crippen LogP contribution in [0.25, 0.3) is 97.1 Å². The average Bonchev–Trinajstić information content (AvgIpc) is 3.84. The Morgan fingerprint density at radius 3 is 2.04 bits per heavy atom. The second-order valence-electron chi connectivity index (χ2n) is 11.5. The van der Waals surface area contributed by atoms with Gasteiger partial charge in [0.15, 0.2) is 17.5 Å². The van der Waals surface area contributed by atoms with Crippen molar-refractivity contribution in [3.05, 3.63) is 133 Å². The predicted octanol–water partition coefficient (Wildman–Crippen LogP) is 11.4. The highest BCUT2D eigenvalue weighted by atomic mass is 32.1. The summed E-state index contributed by atoms with van der Waals surface area (Å²) in [5.74, 6) is 1.86. The van der Waals surface area contributed by atoms with Crippen LogP contribution in [0, 0.1) is 0 Å². The van der Waals surface area contributed by atoms with E-state index >= 15 is 0 Å². The summed E-state index contributed by atoms with van der Waals surface area (Å²) in [5.41, 5.74) is 6.42. The monoisotopic (exact) mass is 638 g/mol. The highest BCUT2D eigenvalue weighted by Crippen LogP contribution is 2.40. The number of thiophene rings is 1. The first kappa shape index (κ1) is 26.5. The zero-order chi connectivity index (χ0) is 30.9. The van der Waals surface area contributed by atoms with E-state index in [4.69, 9.17) is 24.4 Å². The number of hydrogen-bond acceptors (Lipinski definition) is 7. The molecule has 0 saturated carbocycles. The molecule has 0 atom stereocenters. The van der Waals surface area contributed by atoms with E-state index in [1.54, 1.807) is 22.7 Å². The maximum absolute atomic E-state index is 6.39. The number of para-hydroxylation sites is 1. The van der Waals surface area contributed by atoms with Crippen molar-refractivity contribution in [2.75, 3.05) is 0 Å². The Morgan fingerprint density at radius 1 is 0.426 bits per heavy atom.